The largest absolute Gasteiger partial charge is 0.493 e. The molecule has 0 aliphatic heterocycles. The number of nitrogens with one attached hydrogen (secondary N) is 1. The van der Waals surface area contributed by atoms with Gasteiger partial charge in [0.2, 0.25) is 0 Å². The SMILES string of the molecule is COCc1c(C)cc(C(=O)Nc2ccc(Oc3ccnc4cc(OC)c(OC)cc34)c(F)c2)c(=O)n1-c1ccc(F)cc1. The number of hydrogen-bond donors (Lipinski definition) is 1. The average Bonchev–Trinajstić information content (AvgIpc) is 3.00. The van der Waals surface area contributed by atoms with Crippen LogP contribution in [0.4, 0.5) is 14.5 Å². The molecule has 1 N–H and O–H groups in total. The van der Waals surface area contributed by atoms with Gasteiger partial charge in [0.05, 0.1) is 32.0 Å². The molecule has 3 aromatic carbocycles. The fraction of sp³-hybridized carbons (Fsp3) is 0.156. The number of fused-ring (bicyclic) bond motifs is 1. The van der Waals surface area contributed by atoms with Gasteiger partial charge in [0.15, 0.2) is 23.1 Å². The molecular formula is C32H27F2N3O6. The van der Waals surface area contributed by atoms with Gasteiger partial charge in [0, 0.05) is 42.2 Å². The highest BCUT2D eigenvalue weighted by Gasteiger charge is 2.20. The van der Waals surface area contributed by atoms with Crippen molar-refractivity contribution in [2.45, 2.75) is 13.5 Å². The van der Waals surface area contributed by atoms with Gasteiger partial charge in [-0.2, -0.15) is 0 Å². The summed E-state index contributed by atoms with van der Waals surface area (Å²) in [6.07, 6.45) is 1.52. The van der Waals surface area contributed by atoms with E-state index in [1.54, 1.807) is 25.1 Å². The predicted octanol–water partition coefficient (Wildman–Crippen LogP) is 6.18. The molecule has 0 aliphatic carbocycles. The van der Waals surface area contributed by atoms with Crippen molar-refractivity contribution in [1.29, 1.82) is 0 Å². The van der Waals surface area contributed by atoms with E-state index in [1.165, 1.54) is 74.6 Å². The first-order valence-corrected chi connectivity index (χ1v) is 13.0. The van der Waals surface area contributed by atoms with Gasteiger partial charge in [0.25, 0.3) is 11.5 Å². The number of anilines is 1. The Morgan fingerprint density at radius 3 is 2.28 bits per heavy atom. The van der Waals surface area contributed by atoms with E-state index >= 15 is 4.39 Å². The second-order valence-electron chi connectivity index (χ2n) is 9.47. The summed E-state index contributed by atoms with van der Waals surface area (Å²) >= 11 is 0. The van der Waals surface area contributed by atoms with Gasteiger partial charge in [-0.15, -0.1) is 0 Å². The Balaban J connectivity index is 1.43. The minimum Gasteiger partial charge on any atom is -0.493 e. The zero-order chi connectivity index (χ0) is 30.7. The normalized spacial score (nSPS) is 10.9. The maximum absolute atomic E-state index is 15.2. The number of methoxy groups -OCH3 is 3. The molecule has 9 nitrogen and oxygen atoms in total. The van der Waals surface area contributed by atoms with Crippen molar-refractivity contribution in [3.8, 4) is 28.7 Å². The molecule has 5 rings (SSSR count). The van der Waals surface area contributed by atoms with E-state index in [0.29, 0.717) is 45.1 Å². The Morgan fingerprint density at radius 1 is 0.884 bits per heavy atom. The van der Waals surface area contributed by atoms with Crippen LogP contribution in [0.25, 0.3) is 16.6 Å². The van der Waals surface area contributed by atoms with Gasteiger partial charge in [-0.05, 0) is 67.1 Å². The minimum atomic E-state index is -0.751. The first kappa shape index (κ1) is 29.2. The van der Waals surface area contributed by atoms with Crippen LogP contribution >= 0.6 is 0 Å². The summed E-state index contributed by atoms with van der Waals surface area (Å²) in [6.45, 7) is 1.81. The lowest BCUT2D eigenvalue weighted by Gasteiger charge is -2.17. The second kappa shape index (κ2) is 12.3. The second-order valence-corrected chi connectivity index (χ2v) is 9.47. The number of carbonyl (C=O) groups is 1. The Bertz CT molecular complexity index is 1890. The molecule has 0 spiro atoms. The van der Waals surface area contributed by atoms with Crippen molar-refractivity contribution in [2.75, 3.05) is 26.6 Å². The van der Waals surface area contributed by atoms with Crippen molar-refractivity contribution in [3.05, 3.63) is 112 Å². The number of rotatable bonds is 9. The van der Waals surface area contributed by atoms with Crippen LogP contribution in [-0.4, -0.2) is 36.8 Å². The third-order valence-corrected chi connectivity index (χ3v) is 6.75. The smallest absolute Gasteiger partial charge is 0.268 e. The van der Waals surface area contributed by atoms with Gasteiger partial charge in [0.1, 0.15) is 17.1 Å². The summed E-state index contributed by atoms with van der Waals surface area (Å²) in [5, 5.41) is 3.15. The van der Waals surface area contributed by atoms with E-state index in [0.717, 1.165) is 6.07 Å². The number of halogens is 2. The van der Waals surface area contributed by atoms with E-state index in [9.17, 15) is 14.0 Å². The summed E-state index contributed by atoms with van der Waals surface area (Å²) in [5.74, 6) is -0.800. The molecule has 0 saturated carbocycles. The number of nitrogens with zero attached hydrogens (tertiary/aromatic N) is 2. The molecular weight excluding hydrogens is 560 g/mol. The summed E-state index contributed by atoms with van der Waals surface area (Å²) in [6, 6.07) is 15.6. The third kappa shape index (κ3) is 5.88. The zero-order valence-corrected chi connectivity index (χ0v) is 23.7. The molecule has 0 radical (unpaired) electrons. The Labute approximate surface area is 245 Å². The fourth-order valence-corrected chi connectivity index (χ4v) is 4.64. The lowest BCUT2D eigenvalue weighted by atomic mass is 10.1. The van der Waals surface area contributed by atoms with Crippen LogP contribution in [-0.2, 0) is 11.3 Å². The summed E-state index contributed by atoms with van der Waals surface area (Å²) < 4.78 is 51.9. The highest BCUT2D eigenvalue weighted by atomic mass is 19.1. The van der Waals surface area contributed by atoms with Crippen LogP contribution < -0.4 is 25.1 Å². The standard InChI is InChI=1S/C32H27F2N3O6/c1-18-13-23(32(39)37(26(18)17-40-2)21-8-5-19(33)6-9-21)31(38)36-20-7-10-28(24(34)14-20)43-27-11-12-35-25-16-30(42-4)29(41-3)15-22(25)27/h5-16H,17H2,1-4H3,(H,36,38). The minimum absolute atomic E-state index is 0.0834. The van der Waals surface area contributed by atoms with Crippen LogP contribution in [0.1, 0.15) is 21.6 Å². The van der Waals surface area contributed by atoms with Gasteiger partial charge in [-0.3, -0.25) is 19.1 Å². The first-order valence-electron chi connectivity index (χ1n) is 13.0. The third-order valence-electron chi connectivity index (χ3n) is 6.75. The van der Waals surface area contributed by atoms with Gasteiger partial charge in [-0.1, -0.05) is 0 Å². The van der Waals surface area contributed by atoms with Crippen molar-refractivity contribution in [2.24, 2.45) is 0 Å². The lowest BCUT2D eigenvalue weighted by Crippen LogP contribution is -2.31. The van der Waals surface area contributed by atoms with Gasteiger partial charge >= 0.3 is 0 Å². The van der Waals surface area contributed by atoms with E-state index < -0.39 is 23.1 Å². The highest BCUT2D eigenvalue weighted by molar-refractivity contribution is 6.04. The van der Waals surface area contributed by atoms with Crippen molar-refractivity contribution in [1.82, 2.24) is 9.55 Å². The fourth-order valence-electron chi connectivity index (χ4n) is 4.64. The number of pyridine rings is 2. The summed E-state index contributed by atoms with van der Waals surface area (Å²) in [7, 11) is 4.49. The van der Waals surface area contributed by atoms with Crippen molar-refractivity contribution in [3.63, 3.8) is 0 Å². The number of ether oxygens (including phenoxy) is 4. The molecule has 0 bridgehead atoms. The monoisotopic (exact) mass is 587 g/mol. The molecule has 0 unspecified atom stereocenters. The maximum atomic E-state index is 15.2. The Kier molecular flexibility index (Phi) is 8.35. The van der Waals surface area contributed by atoms with Crippen LogP contribution in [0.15, 0.2) is 77.7 Å². The Hall–Kier alpha value is -5.29. The molecule has 5 aromatic rings. The number of aryl methyl sites for hydroxylation is 1. The van der Waals surface area contributed by atoms with Crippen molar-refractivity contribution >= 4 is 22.5 Å². The number of carbonyl (C=O) groups excluding carboxylic acids is 1. The highest BCUT2D eigenvalue weighted by Crippen LogP contribution is 2.37. The Morgan fingerprint density at radius 2 is 1.60 bits per heavy atom. The molecule has 2 aromatic heterocycles. The number of benzene rings is 3. The van der Waals surface area contributed by atoms with E-state index in [1.807, 2.05) is 0 Å². The number of hydrogen-bond acceptors (Lipinski definition) is 7. The average molecular weight is 588 g/mol. The molecule has 0 saturated heterocycles. The maximum Gasteiger partial charge on any atom is 0.268 e. The topological polar surface area (TPSA) is 101 Å². The lowest BCUT2D eigenvalue weighted by molar-refractivity contribution is 0.102. The molecule has 1 amide bonds. The first-order chi connectivity index (χ1) is 20.7. The van der Waals surface area contributed by atoms with Crippen LogP contribution in [0.2, 0.25) is 0 Å². The molecule has 0 aliphatic rings. The number of aromatic nitrogens is 2. The van der Waals surface area contributed by atoms with Crippen LogP contribution in [0.5, 0.6) is 23.0 Å². The van der Waals surface area contributed by atoms with E-state index in [2.05, 4.69) is 10.3 Å². The molecule has 43 heavy (non-hydrogen) atoms. The van der Waals surface area contributed by atoms with Crippen LogP contribution in [0, 0.1) is 18.6 Å². The van der Waals surface area contributed by atoms with Gasteiger partial charge < -0.3 is 24.3 Å². The molecule has 2 heterocycles. The van der Waals surface area contributed by atoms with Crippen LogP contribution in [0.3, 0.4) is 0 Å². The molecule has 0 atom stereocenters. The molecule has 11 heteroatoms. The predicted molar refractivity (Wildman–Crippen MR) is 157 cm³/mol. The van der Waals surface area contributed by atoms with Crippen molar-refractivity contribution < 1.29 is 32.5 Å². The summed E-state index contributed by atoms with van der Waals surface area (Å²) in [5.41, 5.74) is 1.30. The molecule has 220 valence electrons. The summed E-state index contributed by atoms with van der Waals surface area (Å²) in [4.78, 5) is 31.0. The number of amides is 1. The zero-order valence-electron chi connectivity index (χ0n) is 23.7. The van der Waals surface area contributed by atoms with Gasteiger partial charge in [-0.25, -0.2) is 8.78 Å². The molecule has 0 fully saturated rings. The quantitative estimate of drug-likeness (QED) is 0.220. The van der Waals surface area contributed by atoms with E-state index in [-0.39, 0.29) is 23.6 Å². The van der Waals surface area contributed by atoms with E-state index in [4.69, 9.17) is 18.9 Å².